The van der Waals surface area contributed by atoms with Crippen LogP contribution in [0.15, 0.2) is 24.9 Å². The van der Waals surface area contributed by atoms with E-state index in [1.165, 1.54) is 0 Å². The van der Waals surface area contributed by atoms with E-state index in [2.05, 4.69) is 27.5 Å². The molecule has 0 aromatic carbocycles. The van der Waals surface area contributed by atoms with E-state index in [-0.39, 0.29) is 0 Å². The van der Waals surface area contributed by atoms with E-state index in [1.807, 2.05) is 6.07 Å². The van der Waals surface area contributed by atoms with Crippen molar-refractivity contribution in [3.8, 4) is 0 Å². The van der Waals surface area contributed by atoms with Gasteiger partial charge in [-0.2, -0.15) is 0 Å². The molecule has 0 saturated carbocycles. The lowest BCUT2D eigenvalue weighted by Crippen LogP contribution is -1.87. The zero-order valence-electron chi connectivity index (χ0n) is 5.85. The molecule has 0 aliphatic heterocycles. The van der Waals surface area contributed by atoms with Crippen LogP contribution in [-0.4, -0.2) is 10.3 Å². The van der Waals surface area contributed by atoms with E-state index < -0.39 is 0 Å². The predicted molar refractivity (Wildman–Crippen MR) is 52.1 cm³/mol. The van der Waals surface area contributed by atoms with Crippen LogP contribution >= 0.6 is 27.5 Å². The van der Waals surface area contributed by atoms with E-state index in [1.54, 1.807) is 12.3 Å². The molecule has 0 fully saturated rings. The maximum Gasteiger partial charge on any atom is 0.0665 e. The average Bonchev–Trinajstić information content (AvgIpc) is 2.05. The van der Waals surface area contributed by atoms with Crippen molar-refractivity contribution in [1.29, 1.82) is 0 Å². The highest BCUT2D eigenvalue weighted by atomic mass is 79.9. The Hall–Kier alpha value is -0.340. The van der Waals surface area contributed by atoms with Gasteiger partial charge in [0.1, 0.15) is 0 Å². The first-order valence-corrected chi connectivity index (χ1v) is 4.59. The van der Waals surface area contributed by atoms with Crippen LogP contribution < -0.4 is 0 Å². The second-order valence-electron chi connectivity index (χ2n) is 2.10. The van der Waals surface area contributed by atoms with Crippen LogP contribution in [0.2, 0.25) is 5.02 Å². The first-order chi connectivity index (χ1) is 5.24. The van der Waals surface area contributed by atoms with Crippen molar-refractivity contribution in [2.24, 2.45) is 0 Å². The molecule has 0 bridgehead atoms. The molecule has 1 aromatic rings. The molecule has 1 rings (SSSR count). The predicted octanol–water partition coefficient (Wildman–Crippen LogP) is 3.14. The number of allylic oxidation sites excluding steroid dienone is 1. The van der Waals surface area contributed by atoms with Gasteiger partial charge in [-0.1, -0.05) is 34.1 Å². The Morgan fingerprint density at radius 1 is 1.64 bits per heavy atom. The molecule has 0 radical (unpaired) electrons. The summed E-state index contributed by atoms with van der Waals surface area (Å²) in [6.45, 7) is 3.82. The maximum absolute atomic E-state index is 5.66. The minimum atomic E-state index is 0.649. The lowest BCUT2D eigenvalue weighted by Gasteiger charge is -1.98. The largest absolute Gasteiger partial charge is 0.255 e. The Labute approximate surface area is 79.2 Å². The minimum absolute atomic E-state index is 0.649. The number of rotatable bonds is 2. The molecule has 1 heterocycles. The van der Waals surface area contributed by atoms with Gasteiger partial charge >= 0.3 is 0 Å². The number of alkyl halides is 1. The van der Waals surface area contributed by atoms with Crippen LogP contribution in [0.25, 0.3) is 5.57 Å². The van der Waals surface area contributed by atoms with E-state index in [9.17, 15) is 0 Å². The van der Waals surface area contributed by atoms with Crippen LogP contribution in [0, 0.1) is 0 Å². The summed E-state index contributed by atoms with van der Waals surface area (Å²) in [5, 5.41) is 1.39. The van der Waals surface area contributed by atoms with Gasteiger partial charge in [0.2, 0.25) is 0 Å². The molecule has 1 nitrogen and oxygen atoms in total. The van der Waals surface area contributed by atoms with Crippen molar-refractivity contribution in [3.63, 3.8) is 0 Å². The van der Waals surface area contributed by atoms with Crippen molar-refractivity contribution >= 4 is 33.1 Å². The normalized spacial score (nSPS) is 9.64. The van der Waals surface area contributed by atoms with Gasteiger partial charge in [0.25, 0.3) is 0 Å². The molecule has 3 heteroatoms. The molecule has 0 amide bonds. The molecule has 0 spiro atoms. The average molecular weight is 233 g/mol. The van der Waals surface area contributed by atoms with Crippen molar-refractivity contribution in [2.45, 2.75) is 0 Å². The Kier molecular flexibility index (Phi) is 3.09. The van der Waals surface area contributed by atoms with Crippen LogP contribution in [0.5, 0.6) is 0 Å². The number of hydrogen-bond acceptors (Lipinski definition) is 1. The highest BCUT2D eigenvalue weighted by Crippen LogP contribution is 2.13. The third-order valence-electron chi connectivity index (χ3n) is 1.25. The lowest BCUT2D eigenvalue weighted by atomic mass is 10.2. The highest BCUT2D eigenvalue weighted by molar-refractivity contribution is 9.09. The van der Waals surface area contributed by atoms with Gasteiger partial charge in [-0.05, 0) is 17.7 Å². The van der Waals surface area contributed by atoms with Crippen molar-refractivity contribution in [3.05, 3.63) is 35.6 Å². The molecule has 11 heavy (non-hydrogen) atoms. The van der Waals surface area contributed by atoms with E-state index >= 15 is 0 Å². The van der Waals surface area contributed by atoms with E-state index in [4.69, 9.17) is 11.6 Å². The zero-order valence-corrected chi connectivity index (χ0v) is 8.19. The number of aromatic nitrogens is 1. The quantitative estimate of drug-likeness (QED) is 0.714. The molecule has 0 saturated heterocycles. The van der Waals surface area contributed by atoms with E-state index in [0.29, 0.717) is 5.02 Å². The first-order valence-electron chi connectivity index (χ1n) is 3.09. The van der Waals surface area contributed by atoms with Gasteiger partial charge in [0, 0.05) is 11.5 Å². The summed E-state index contributed by atoms with van der Waals surface area (Å²) < 4.78 is 0. The van der Waals surface area contributed by atoms with Gasteiger partial charge in [-0.3, -0.25) is 4.98 Å². The third kappa shape index (κ3) is 2.31. The molecule has 58 valence electrons. The van der Waals surface area contributed by atoms with Crippen molar-refractivity contribution in [1.82, 2.24) is 4.98 Å². The van der Waals surface area contributed by atoms with Gasteiger partial charge in [-0.25, -0.2) is 0 Å². The lowest BCUT2D eigenvalue weighted by molar-refractivity contribution is 1.27. The summed E-state index contributed by atoms with van der Waals surface area (Å²) in [5.74, 6) is 0. The summed E-state index contributed by atoms with van der Waals surface area (Å²) in [6.07, 6.45) is 1.62. The summed E-state index contributed by atoms with van der Waals surface area (Å²) in [4.78, 5) is 4.09. The van der Waals surface area contributed by atoms with E-state index in [0.717, 1.165) is 16.6 Å². The second-order valence-corrected chi connectivity index (χ2v) is 3.10. The van der Waals surface area contributed by atoms with Crippen molar-refractivity contribution < 1.29 is 0 Å². The topological polar surface area (TPSA) is 12.9 Å². The Bertz CT molecular complexity index is 255. The smallest absolute Gasteiger partial charge is 0.0665 e. The minimum Gasteiger partial charge on any atom is -0.255 e. The second kappa shape index (κ2) is 3.88. The number of halogens is 2. The Morgan fingerprint density at radius 3 is 2.82 bits per heavy atom. The standard InChI is InChI=1S/C8H7BrClN/c1-6(4-9)8-3-2-7(10)5-11-8/h2-3,5H,1,4H2. The molecular weight excluding hydrogens is 225 g/mol. The third-order valence-corrected chi connectivity index (χ3v) is 2.15. The highest BCUT2D eigenvalue weighted by Gasteiger charge is 1.96. The number of hydrogen-bond donors (Lipinski definition) is 0. The molecule has 1 aromatic heterocycles. The van der Waals surface area contributed by atoms with Crippen LogP contribution in [0.1, 0.15) is 5.69 Å². The van der Waals surface area contributed by atoms with Gasteiger partial charge < -0.3 is 0 Å². The molecular formula is C8H7BrClN. The zero-order chi connectivity index (χ0) is 8.27. The van der Waals surface area contributed by atoms with Crippen molar-refractivity contribution in [2.75, 3.05) is 5.33 Å². The molecule has 0 aliphatic rings. The van der Waals surface area contributed by atoms with Crippen LogP contribution in [0.4, 0.5) is 0 Å². The van der Waals surface area contributed by atoms with Gasteiger partial charge in [-0.15, -0.1) is 0 Å². The fourth-order valence-corrected chi connectivity index (χ4v) is 1.05. The van der Waals surface area contributed by atoms with Gasteiger partial charge in [0.05, 0.1) is 10.7 Å². The molecule has 0 aliphatic carbocycles. The maximum atomic E-state index is 5.66. The SMILES string of the molecule is C=C(CBr)c1ccc(Cl)cn1. The molecule has 0 unspecified atom stereocenters. The monoisotopic (exact) mass is 231 g/mol. The molecule has 0 N–H and O–H groups in total. The summed E-state index contributed by atoms with van der Waals surface area (Å²) in [5.41, 5.74) is 1.84. The fraction of sp³-hybridized carbons (Fsp3) is 0.125. The summed E-state index contributed by atoms with van der Waals surface area (Å²) >= 11 is 8.95. The Morgan fingerprint density at radius 2 is 2.36 bits per heavy atom. The van der Waals surface area contributed by atoms with Gasteiger partial charge in [0.15, 0.2) is 0 Å². The first kappa shape index (κ1) is 8.75. The summed E-state index contributed by atoms with van der Waals surface area (Å²) in [7, 11) is 0. The number of pyridine rings is 1. The number of nitrogens with zero attached hydrogens (tertiary/aromatic N) is 1. The fourth-order valence-electron chi connectivity index (χ4n) is 0.653. The van der Waals surface area contributed by atoms with Crippen LogP contribution in [-0.2, 0) is 0 Å². The Balaban J connectivity index is 2.90. The molecule has 0 atom stereocenters. The summed E-state index contributed by atoms with van der Waals surface area (Å²) in [6, 6.07) is 3.66. The van der Waals surface area contributed by atoms with Crippen LogP contribution in [0.3, 0.4) is 0 Å².